The first-order chi connectivity index (χ1) is 22.0. The maximum Gasteiger partial charge on any atom is 0.410 e. The number of cyclic esters (lactones) is 1. The fraction of sp³-hybridized carbons (Fsp3) is 0.647. The number of aliphatic hydroxyl groups is 2. The predicted octanol–water partition coefficient (Wildman–Crippen LogP) is 4.49. The SMILES string of the molecule is C/C(=C\c1cc(F)c2nnn(C3CCC(O)CC3)c2c1)[C@H]1OC(=O)C[C@H](O)CC[C@H](C)[C@@H](OC(=O)N2CCN(C)CC2)/C=C/[C@@H]1C. The van der Waals surface area contributed by atoms with Crippen LogP contribution in [0.2, 0.25) is 0 Å². The number of aromatic nitrogens is 3. The fourth-order valence-electron chi connectivity index (χ4n) is 6.65. The number of likely N-dealkylation sites (N-methyl/N-ethyl adjacent to an activating group) is 1. The summed E-state index contributed by atoms with van der Waals surface area (Å²) in [6.07, 6.45) is 6.34. The van der Waals surface area contributed by atoms with E-state index in [4.69, 9.17) is 9.47 Å². The lowest BCUT2D eigenvalue weighted by atomic mass is 9.91. The van der Waals surface area contributed by atoms with Gasteiger partial charge in [0.15, 0.2) is 5.82 Å². The molecule has 0 radical (unpaired) electrons. The Morgan fingerprint density at radius 2 is 1.72 bits per heavy atom. The maximum atomic E-state index is 15.2. The Morgan fingerprint density at radius 3 is 2.43 bits per heavy atom. The molecule has 3 heterocycles. The number of halogens is 1. The Morgan fingerprint density at radius 1 is 1.02 bits per heavy atom. The zero-order valence-corrected chi connectivity index (χ0v) is 27.3. The van der Waals surface area contributed by atoms with Gasteiger partial charge >= 0.3 is 12.1 Å². The van der Waals surface area contributed by atoms with Crippen LogP contribution in [0.1, 0.15) is 77.3 Å². The quantitative estimate of drug-likeness (QED) is 0.367. The minimum absolute atomic E-state index is 0.0256. The van der Waals surface area contributed by atoms with Gasteiger partial charge in [-0.2, -0.15) is 0 Å². The lowest BCUT2D eigenvalue weighted by Crippen LogP contribution is -2.48. The number of esters is 1. The van der Waals surface area contributed by atoms with Crippen LogP contribution < -0.4 is 0 Å². The number of hydrogen-bond donors (Lipinski definition) is 2. The van der Waals surface area contributed by atoms with Crippen LogP contribution >= 0.6 is 0 Å². The molecule has 2 aromatic rings. The summed E-state index contributed by atoms with van der Waals surface area (Å²) in [4.78, 5) is 29.9. The number of fused-ring (bicyclic) bond motifs is 1. The van der Waals surface area contributed by atoms with Crippen molar-refractivity contribution in [2.75, 3.05) is 33.2 Å². The Hall–Kier alpha value is -3.35. The third-order valence-corrected chi connectivity index (χ3v) is 9.67. The molecule has 2 aliphatic heterocycles. The normalized spacial score (nSPS) is 31.5. The first-order valence-electron chi connectivity index (χ1n) is 16.6. The van der Waals surface area contributed by atoms with Gasteiger partial charge in [-0.25, -0.2) is 13.9 Å². The zero-order chi connectivity index (χ0) is 33.0. The molecule has 12 heteroatoms. The van der Waals surface area contributed by atoms with Crippen LogP contribution in [0, 0.1) is 17.7 Å². The highest BCUT2D eigenvalue weighted by Gasteiger charge is 2.30. The molecule has 5 rings (SSSR count). The topological polar surface area (TPSA) is 130 Å². The van der Waals surface area contributed by atoms with Crippen molar-refractivity contribution < 1.29 is 33.7 Å². The number of nitrogens with zero attached hydrogens (tertiary/aromatic N) is 5. The molecule has 1 saturated heterocycles. The number of aliphatic hydroxyl groups excluding tert-OH is 2. The summed E-state index contributed by atoms with van der Waals surface area (Å²) in [6.45, 7) is 8.50. The molecule has 46 heavy (non-hydrogen) atoms. The number of piperazine rings is 1. The molecule has 0 unspecified atom stereocenters. The zero-order valence-electron chi connectivity index (χ0n) is 27.3. The third kappa shape index (κ3) is 8.32. The van der Waals surface area contributed by atoms with E-state index in [1.165, 1.54) is 6.07 Å². The van der Waals surface area contributed by atoms with Crippen LogP contribution in [0.5, 0.6) is 0 Å². The predicted molar refractivity (Wildman–Crippen MR) is 171 cm³/mol. The monoisotopic (exact) mass is 641 g/mol. The molecule has 1 aromatic carbocycles. The van der Waals surface area contributed by atoms with E-state index in [-0.39, 0.29) is 42.0 Å². The van der Waals surface area contributed by atoms with Crippen LogP contribution in [-0.4, -0.2) is 105 Å². The van der Waals surface area contributed by atoms with E-state index in [0.29, 0.717) is 55.4 Å². The summed E-state index contributed by atoms with van der Waals surface area (Å²) >= 11 is 0. The molecule has 2 N–H and O–H groups in total. The van der Waals surface area contributed by atoms with Crippen molar-refractivity contribution in [3.63, 3.8) is 0 Å². The lowest BCUT2D eigenvalue weighted by Gasteiger charge is -2.33. The second-order valence-corrected chi connectivity index (χ2v) is 13.5. The maximum absolute atomic E-state index is 15.2. The second-order valence-electron chi connectivity index (χ2n) is 13.5. The van der Waals surface area contributed by atoms with Gasteiger partial charge in [0.1, 0.15) is 17.7 Å². The summed E-state index contributed by atoms with van der Waals surface area (Å²) in [5.74, 6) is -1.41. The van der Waals surface area contributed by atoms with Crippen molar-refractivity contribution in [3.05, 3.63) is 41.2 Å². The Bertz CT molecular complexity index is 1430. The van der Waals surface area contributed by atoms with Crippen molar-refractivity contribution in [2.45, 2.75) is 96.2 Å². The first-order valence-corrected chi connectivity index (χ1v) is 16.6. The van der Waals surface area contributed by atoms with Gasteiger partial charge in [0.25, 0.3) is 0 Å². The highest BCUT2D eigenvalue weighted by atomic mass is 19.1. The van der Waals surface area contributed by atoms with E-state index < -0.39 is 30.1 Å². The van der Waals surface area contributed by atoms with E-state index in [9.17, 15) is 19.8 Å². The van der Waals surface area contributed by atoms with Gasteiger partial charge in [-0.1, -0.05) is 31.2 Å². The number of hydrogen-bond acceptors (Lipinski definition) is 9. The number of carbonyl (C=O) groups excluding carboxylic acids is 2. The molecule has 11 nitrogen and oxygen atoms in total. The van der Waals surface area contributed by atoms with Crippen molar-refractivity contribution in [3.8, 4) is 0 Å². The number of amides is 1. The first kappa shape index (κ1) is 34.0. The van der Waals surface area contributed by atoms with Gasteiger partial charge in [-0.05, 0) is 87.8 Å². The fourth-order valence-corrected chi connectivity index (χ4v) is 6.65. The van der Waals surface area contributed by atoms with E-state index >= 15 is 4.39 Å². The number of ether oxygens (including phenoxy) is 2. The van der Waals surface area contributed by atoms with Crippen molar-refractivity contribution >= 4 is 29.2 Å². The standard InChI is InChI=1S/C34H48FN5O6/c1-21-5-9-27(42)20-31(43)46-33(22(2)6-12-30(21)45-34(44)39-15-13-38(4)14-16-39)23(3)17-24-18-28(35)32-29(19-24)40(37-36-32)25-7-10-26(41)11-8-25/h6,12,17-19,21-22,25-27,30,33,41-42H,5,7-11,13-16,20H2,1-4H3/b12-6+,23-17+/t21-,22-,25?,26?,27+,30-,33-/m0/s1. The summed E-state index contributed by atoms with van der Waals surface area (Å²) < 4.78 is 28.9. The van der Waals surface area contributed by atoms with Gasteiger partial charge in [0.2, 0.25) is 0 Å². The molecule has 3 aliphatic rings. The molecule has 5 atom stereocenters. The van der Waals surface area contributed by atoms with Gasteiger partial charge in [0, 0.05) is 32.1 Å². The Labute approximate surface area is 270 Å². The molecule has 1 aromatic heterocycles. The molecule has 252 valence electrons. The lowest BCUT2D eigenvalue weighted by molar-refractivity contribution is -0.151. The average Bonchev–Trinajstić information content (AvgIpc) is 3.45. The van der Waals surface area contributed by atoms with E-state index in [2.05, 4.69) is 15.2 Å². The molecule has 1 saturated carbocycles. The number of carbonyl (C=O) groups is 2. The third-order valence-electron chi connectivity index (χ3n) is 9.67. The largest absolute Gasteiger partial charge is 0.457 e. The number of benzene rings is 1. The molecular weight excluding hydrogens is 593 g/mol. The average molecular weight is 642 g/mol. The summed E-state index contributed by atoms with van der Waals surface area (Å²) in [7, 11) is 2.03. The summed E-state index contributed by atoms with van der Waals surface area (Å²) in [5.41, 5.74) is 2.03. The smallest absolute Gasteiger partial charge is 0.410 e. The van der Waals surface area contributed by atoms with Crippen molar-refractivity contribution in [1.82, 2.24) is 24.8 Å². The van der Waals surface area contributed by atoms with Gasteiger partial charge in [-0.3, -0.25) is 4.79 Å². The van der Waals surface area contributed by atoms with Crippen molar-refractivity contribution in [2.24, 2.45) is 11.8 Å². The number of rotatable bonds is 4. The molecule has 1 aliphatic carbocycles. The van der Waals surface area contributed by atoms with E-state index in [1.807, 2.05) is 46.0 Å². The molecular formula is C34H48FN5O6. The summed E-state index contributed by atoms with van der Waals surface area (Å²) in [6, 6.07) is 3.26. The Balaban J connectivity index is 1.39. The summed E-state index contributed by atoms with van der Waals surface area (Å²) in [5, 5.41) is 28.9. The van der Waals surface area contributed by atoms with Gasteiger partial charge in [-0.15, -0.1) is 5.10 Å². The molecule has 2 fully saturated rings. The van der Waals surface area contributed by atoms with Crippen LogP contribution in [0.25, 0.3) is 17.1 Å². The van der Waals surface area contributed by atoms with Crippen LogP contribution in [-0.2, 0) is 14.3 Å². The van der Waals surface area contributed by atoms with Gasteiger partial charge < -0.3 is 29.5 Å². The highest BCUT2D eigenvalue weighted by Crippen LogP contribution is 2.32. The van der Waals surface area contributed by atoms with Crippen LogP contribution in [0.4, 0.5) is 9.18 Å². The molecule has 0 bridgehead atoms. The highest BCUT2D eigenvalue weighted by molar-refractivity contribution is 5.79. The van der Waals surface area contributed by atoms with Crippen molar-refractivity contribution in [1.29, 1.82) is 0 Å². The van der Waals surface area contributed by atoms with Crippen LogP contribution in [0.3, 0.4) is 0 Å². The second kappa shape index (κ2) is 15.0. The Kier molecular flexibility index (Phi) is 11.1. The van der Waals surface area contributed by atoms with E-state index in [1.54, 1.807) is 15.7 Å². The van der Waals surface area contributed by atoms with E-state index in [0.717, 1.165) is 25.9 Å². The molecule has 0 spiro atoms. The minimum atomic E-state index is -0.891. The van der Waals surface area contributed by atoms with Gasteiger partial charge in [0.05, 0.1) is 30.2 Å². The molecule has 1 amide bonds. The van der Waals surface area contributed by atoms with Crippen LogP contribution in [0.15, 0.2) is 29.9 Å². The minimum Gasteiger partial charge on any atom is -0.457 e.